The molecule has 3 rings (SSSR count). The summed E-state index contributed by atoms with van der Waals surface area (Å²) in [5.41, 5.74) is 25.3. The molecule has 0 aliphatic heterocycles. The normalized spacial score (nSPS) is 12.6. The number of rotatable bonds is 17. The molecular weight excluding hydrogens is 648 g/mol. The zero-order valence-corrected chi connectivity index (χ0v) is 28.1. The fourth-order valence-corrected chi connectivity index (χ4v) is 5.04. The van der Waals surface area contributed by atoms with Gasteiger partial charge in [0, 0.05) is 42.1 Å². The highest BCUT2D eigenvalue weighted by molar-refractivity contribution is 7.82. The van der Waals surface area contributed by atoms with Crippen LogP contribution >= 0.6 is 0 Å². The Labute approximate surface area is 287 Å². The van der Waals surface area contributed by atoms with E-state index in [0.717, 1.165) is 11.1 Å². The highest BCUT2D eigenvalue weighted by atomic mass is 32.2. The number of likely N-dealkylation sites (N-methyl/N-ethyl adjacent to an activating group) is 1. The largest absolute Gasteiger partial charge is 0.370 e. The van der Waals surface area contributed by atoms with Gasteiger partial charge in [0.05, 0.1) is 17.0 Å². The molecule has 0 bridgehead atoms. The van der Waals surface area contributed by atoms with Crippen molar-refractivity contribution in [3.8, 4) is 0 Å². The monoisotopic (exact) mass is 692 g/mol. The van der Waals surface area contributed by atoms with Crippen molar-refractivity contribution in [3.63, 3.8) is 0 Å². The standard InChI is InChI=1S/C33H44N10O5S/c1-2-39-31(46)28(35)16-21-5-9-24(10-6-21)42-30(45)23-17-22(29(44)40-15-13-20-7-11-26(12-8-20)49(38)48)18-25(19-23)43-32(47)27(34)4-3-14-41-33(36)37/h5-12,17-19,27-28H,2-4,13-16,34-35,38H2,1H3,(H,39,46)(H,40,44)(H,42,45)(H,43,47)(H4,36,37,41). The van der Waals surface area contributed by atoms with Crippen molar-refractivity contribution in [2.45, 2.75) is 49.6 Å². The predicted octanol–water partition coefficient (Wildman–Crippen LogP) is 0.218. The third-order valence-corrected chi connectivity index (χ3v) is 7.98. The van der Waals surface area contributed by atoms with Crippen LogP contribution < -0.4 is 49.3 Å². The number of nitrogens with one attached hydrogen (secondary N) is 4. The molecule has 0 aromatic heterocycles. The number of nitrogens with zero attached hydrogens (tertiary/aromatic N) is 1. The first-order valence-electron chi connectivity index (χ1n) is 15.6. The van der Waals surface area contributed by atoms with E-state index in [1.54, 1.807) is 48.5 Å². The predicted molar refractivity (Wildman–Crippen MR) is 191 cm³/mol. The number of amides is 4. The fraction of sp³-hybridized carbons (Fsp3) is 0.303. The molecule has 16 heteroatoms. The minimum Gasteiger partial charge on any atom is -0.370 e. The molecule has 0 fully saturated rings. The Balaban J connectivity index is 1.74. The van der Waals surface area contributed by atoms with E-state index in [9.17, 15) is 23.4 Å². The van der Waals surface area contributed by atoms with Gasteiger partial charge in [-0.25, -0.2) is 9.35 Å². The molecule has 3 unspecified atom stereocenters. The molecule has 0 heterocycles. The average Bonchev–Trinajstić information content (AvgIpc) is 3.07. The van der Waals surface area contributed by atoms with Gasteiger partial charge < -0.3 is 44.2 Å². The molecule has 262 valence electrons. The number of carbonyl (C=O) groups excluding carboxylic acids is 4. The molecule has 4 amide bonds. The molecule has 0 radical (unpaired) electrons. The average molecular weight is 693 g/mol. The number of aliphatic imine (C=N–C) groups is 1. The molecule has 3 aromatic rings. The lowest BCUT2D eigenvalue weighted by atomic mass is 10.0. The van der Waals surface area contributed by atoms with Crippen molar-refractivity contribution in [2.24, 2.45) is 33.1 Å². The Morgan fingerprint density at radius 2 is 1.41 bits per heavy atom. The molecule has 0 aliphatic carbocycles. The van der Waals surface area contributed by atoms with Gasteiger partial charge in [-0.15, -0.1) is 0 Å². The van der Waals surface area contributed by atoms with E-state index in [0.29, 0.717) is 49.4 Å². The van der Waals surface area contributed by atoms with Crippen molar-refractivity contribution in [1.29, 1.82) is 0 Å². The minimum absolute atomic E-state index is 0.0577. The van der Waals surface area contributed by atoms with E-state index < -0.39 is 40.8 Å². The fourth-order valence-electron chi connectivity index (χ4n) is 4.64. The number of guanidine groups is 1. The lowest BCUT2D eigenvalue weighted by molar-refractivity contribution is -0.122. The summed E-state index contributed by atoms with van der Waals surface area (Å²) in [6, 6.07) is 16.4. The Bertz CT molecular complexity index is 1660. The summed E-state index contributed by atoms with van der Waals surface area (Å²) in [5.74, 6) is -1.83. The quantitative estimate of drug-likeness (QED) is 0.0531. The van der Waals surface area contributed by atoms with Crippen molar-refractivity contribution < 1.29 is 23.4 Å². The molecule has 0 aliphatic rings. The van der Waals surface area contributed by atoms with Crippen molar-refractivity contribution in [2.75, 3.05) is 30.3 Å². The zero-order valence-electron chi connectivity index (χ0n) is 27.2. The Hall–Kier alpha value is -5.16. The number of hydrogen-bond acceptors (Lipinski definition) is 8. The molecule has 15 nitrogen and oxygen atoms in total. The van der Waals surface area contributed by atoms with Crippen LogP contribution in [0.3, 0.4) is 0 Å². The van der Waals surface area contributed by atoms with Crippen LogP contribution in [0, 0.1) is 0 Å². The van der Waals surface area contributed by atoms with Gasteiger partial charge in [0.2, 0.25) is 11.8 Å². The number of carbonyl (C=O) groups is 4. The second kappa shape index (κ2) is 19.0. The van der Waals surface area contributed by atoms with Crippen molar-refractivity contribution in [1.82, 2.24) is 10.6 Å². The van der Waals surface area contributed by atoms with E-state index in [4.69, 9.17) is 28.1 Å². The molecular formula is C33H44N10O5S. The van der Waals surface area contributed by atoms with Gasteiger partial charge in [-0.3, -0.25) is 24.2 Å². The molecule has 3 atom stereocenters. The second-order valence-electron chi connectivity index (χ2n) is 11.1. The van der Waals surface area contributed by atoms with Gasteiger partial charge in [0.25, 0.3) is 11.8 Å². The maximum atomic E-state index is 13.4. The number of nitrogens with two attached hydrogens (primary N) is 5. The van der Waals surface area contributed by atoms with Crippen LogP contribution in [0.4, 0.5) is 11.4 Å². The maximum absolute atomic E-state index is 13.4. The minimum atomic E-state index is -1.59. The topological polar surface area (TPSA) is 276 Å². The SMILES string of the molecule is CCNC(=O)C(N)Cc1ccc(NC(=O)c2cc(NC(=O)C(N)CCCN=C(N)N)cc(C(=O)NCCc3ccc(S(N)=O)cc3)c2)cc1. The maximum Gasteiger partial charge on any atom is 0.255 e. The molecule has 14 N–H and O–H groups in total. The van der Waals surface area contributed by atoms with Gasteiger partial charge >= 0.3 is 0 Å². The van der Waals surface area contributed by atoms with Crippen LogP contribution in [0.1, 0.15) is 51.6 Å². The van der Waals surface area contributed by atoms with E-state index >= 15 is 0 Å². The summed E-state index contributed by atoms with van der Waals surface area (Å²) in [6.07, 6.45) is 1.55. The zero-order chi connectivity index (χ0) is 35.9. The van der Waals surface area contributed by atoms with Crippen LogP contribution in [-0.4, -0.2) is 65.5 Å². The summed E-state index contributed by atoms with van der Waals surface area (Å²) >= 11 is 0. The first-order chi connectivity index (χ1) is 23.4. The number of hydrogen-bond donors (Lipinski definition) is 9. The van der Waals surface area contributed by atoms with E-state index in [1.165, 1.54) is 18.2 Å². The number of benzene rings is 3. The molecule has 49 heavy (non-hydrogen) atoms. The summed E-state index contributed by atoms with van der Waals surface area (Å²) < 4.78 is 11.4. The summed E-state index contributed by atoms with van der Waals surface area (Å²) in [7, 11) is -1.59. The van der Waals surface area contributed by atoms with Gasteiger partial charge in [-0.2, -0.15) is 0 Å². The van der Waals surface area contributed by atoms with Crippen LogP contribution in [0.15, 0.2) is 76.6 Å². The molecule has 3 aromatic carbocycles. The van der Waals surface area contributed by atoms with Crippen LogP contribution in [-0.2, 0) is 33.4 Å². The first kappa shape index (κ1) is 38.3. The van der Waals surface area contributed by atoms with Crippen molar-refractivity contribution in [3.05, 3.63) is 89.0 Å². The highest BCUT2D eigenvalue weighted by Gasteiger charge is 2.18. The third-order valence-electron chi connectivity index (χ3n) is 7.24. The van der Waals surface area contributed by atoms with Gasteiger partial charge in [0.15, 0.2) is 5.96 Å². The van der Waals surface area contributed by atoms with Gasteiger partial charge in [0.1, 0.15) is 11.0 Å². The Morgan fingerprint density at radius 1 is 0.776 bits per heavy atom. The van der Waals surface area contributed by atoms with E-state index in [2.05, 4.69) is 26.3 Å². The van der Waals surface area contributed by atoms with E-state index in [1.807, 2.05) is 6.92 Å². The summed E-state index contributed by atoms with van der Waals surface area (Å²) in [6.45, 7) is 2.86. The molecule has 0 spiro atoms. The highest BCUT2D eigenvalue weighted by Crippen LogP contribution is 2.19. The lowest BCUT2D eigenvalue weighted by Crippen LogP contribution is -2.41. The number of anilines is 2. The first-order valence-corrected chi connectivity index (χ1v) is 16.8. The van der Waals surface area contributed by atoms with Crippen molar-refractivity contribution >= 4 is 51.9 Å². The van der Waals surface area contributed by atoms with Crippen LogP contribution in [0.25, 0.3) is 0 Å². The van der Waals surface area contributed by atoms with Gasteiger partial charge in [-0.1, -0.05) is 24.3 Å². The summed E-state index contributed by atoms with van der Waals surface area (Å²) in [5, 5.41) is 16.4. The smallest absolute Gasteiger partial charge is 0.255 e. The Kier molecular flexibility index (Phi) is 14.8. The van der Waals surface area contributed by atoms with E-state index in [-0.39, 0.29) is 35.2 Å². The molecule has 0 saturated heterocycles. The second-order valence-corrected chi connectivity index (χ2v) is 12.2. The van der Waals surface area contributed by atoms with Crippen LogP contribution in [0.5, 0.6) is 0 Å². The third kappa shape index (κ3) is 12.8. The van der Waals surface area contributed by atoms with Crippen LogP contribution in [0.2, 0.25) is 0 Å². The lowest BCUT2D eigenvalue weighted by Gasteiger charge is -2.15. The Morgan fingerprint density at radius 3 is 2.02 bits per heavy atom. The van der Waals surface area contributed by atoms with Gasteiger partial charge in [-0.05, 0) is 86.2 Å². The summed E-state index contributed by atoms with van der Waals surface area (Å²) in [4.78, 5) is 55.8. The molecule has 0 saturated carbocycles.